The van der Waals surface area contributed by atoms with E-state index in [4.69, 9.17) is 0 Å². The summed E-state index contributed by atoms with van der Waals surface area (Å²) in [5.41, 5.74) is -0.380. The molecule has 0 unspecified atom stereocenters. The number of nitro benzene ring substituents is 1. The van der Waals surface area contributed by atoms with Gasteiger partial charge in [-0.05, 0) is 44.1 Å². The zero-order chi connectivity index (χ0) is 15.4. The second kappa shape index (κ2) is 6.80. The molecular weight excluding hydrogens is 292 g/mol. The Kier molecular flexibility index (Phi) is 5.06. The van der Waals surface area contributed by atoms with Gasteiger partial charge in [0.25, 0.3) is 11.6 Å². The summed E-state index contributed by atoms with van der Waals surface area (Å²) < 4.78 is 0. The van der Waals surface area contributed by atoms with Gasteiger partial charge in [0.05, 0.1) is 4.92 Å². The fourth-order valence-corrected chi connectivity index (χ4v) is 3.31. The molecule has 0 atom stereocenters. The molecule has 0 radical (unpaired) electrons. The number of carbonyl (C=O) groups excluding carboxylic acids is 1. The molecule has 1 saturated carbocycles. The Morgan fingerprint density at radius 1 is 1.38 bits per heavy atom. The summed E-state index contributed by atoms with van der Waals surface area (Å²) in [7, 11) is 0. The lowest BCUT2D eigenvalue weighted by Gasteiger charge is -2.28. The fraction of sp³-hybridized carbons (Fsp3) is 0.500. The van der Waals surface area contributed by atoms with Gasteiger partial charge in [0.1, 0.15) is 11.3 Å². The van der Waals surface area contributed by atoms with Gasteiger partial charge in [-0.15, -0.1) is 0 Å². The molecule has 6 nitrogen and oxygen atoms in total. The molecule has 21 heavy (non-hydrogen) atoms. The van der Waals surface area contributed by atoms with Crippen LogP contribution in [0.3, 0.4) is 0 Å². The molecule has 7 heteroatoms. The second-order valence-electron chi connectivity index (χ2n) is 5.14. The van der Waals surface area contributed by atoms with Gasteiger partial charge in [-0.3, -0.25) is 14.9 Å². The van der Waals surface area contributed by atoms with Gasteiger partial charge in [0, 0.05) is 17.4 Å². The number of amides is 1. The molecule has 1 aliphatic carbocycles. The summed E-state index contributed by atoms with van der Waals surface area (Å²) in [4.78, 5) is 22.6. The molecule has 0 bridgehead atoms. The van der Waals surface area contributed by atoms with Crippen LogP contribution < -0.4 is 5.32 Å². The first-order valence-corrected chi connectivity index (χ1v) is 8.11. The van der Waals surface area contributed by atoms with Crippen LogP contribution in [0.25, 0.3) is 0 Å². The van der Waals surface area contributed by atoms with Crippen LogP contribution in [0, 0.1) is 10.1 Å². The van der Waals surface area contributed by atoms with E-state index in [-0.39, 0.29) is 23.0 Å². The lowest BCUT2D eigenvalue weighted by molar-refractivity contribution is -0.385. The first kappa shape index (κ1) is 15.6. The summed E-state index contributed by atoms with van der Waals surface area (Å²) in [6, 6.07) is 3.54. The van der Waals surface area contributed by atoms with Crippen molar-refractivity contribution in [1.82, 2.24) is 5.32 Å². The third kappa shape index (κ3) is 3.87. The number of rotatable bonds is 4. The maximum atomic E-state index is 12.2. The van der Waals surface area contributed by atoms with Crippen LogP contribution in [-0.2, 0) is 0 Å². The van der Waals surface area contributed by atoms with Gasteiger partial charge in [0.15, 0.2) is 0 Å². The second-order valence-corrected chi connectivity index (χ2v) is 6.28. The number of nitro groups is 1. The molecule has 1 aromatic carbocycles. The first-order valence-electron chi connectivity index (χ1n) is 6.82. The highest BCUT2D eigenvalue weighted by molar-refractivity contribution is 7.99. The minimum atomic E-state index is -0.612. The van der Waals surface area contributed by atoms with Crippen LogP contribution in [0.2, 0.25) is 0 Å². The van der Waals surface area contributed by atoms with E-state index in [1.165, 1.54) is 6.07 Å². The maximum absolute atomic E-state index is 12.2. The van der Waals surface area contributed by atoms with Crippen LogP contribution in [0.15, 0.2) is 18.2 Å². The third-order valence-corrected chi connectivity index (χ3v) is 4.90. The number of hydrogen-bond acceptors (Lipinski definition) is 5. The number of phenolic OH excluding ortho intramolecular Hbond substituents is 1. The van der Waals surface area contributed by atoms with Crippen molar-refractivity contribution >= 4 is 23.4 Å². The molecular formula is C14H18N2O4S. The molecule has 0 spiro atoms. The van der Waals surface area contributed by atoms with Crippen molar-refractivity contribution in [1.29, 1.82) is 0 Å². The molecule has 1 fully saturated rings. The average molecular weight is 310 g/mol. The molecule has 114 valence electrons. The van der Waals surface area contributed by atoms with E-state index in [1.807, 2.05) is 11.8 Å². The Hall–Kier alpha value is -1.76. The number of nitrogens with one attached hydrogen (secondary N) is 1. The smallest absolute Gasteiger partial charge is 0.282 e. The number of benzene rings is 1. The Morgan fingerprint density at radius 2 is 2.05 bits per heavy atom. The Bertz CT molecular complexity index is 542. The quantitative estimate of drug-likeness (QED) is 0.659. The molecule has 1 aromatic rings. The lowest BCUT2D eigenvalue weighted by atomic mass is 9.94. The van der Waals surface area contributed by atoms with E-state index in [9.17, 15) is 20.0 Å². The molecule has 0 aliphatic heterocycles. The molecule has 2 N–H and O–H groups in total. The lowest BCUT2D eigenvalue weighted by Crippen LogP contribution is -2.38. The van der Waals surface area contributed by atoms with Crippen molar-refractivity contribution in [3.05, 3.63) is 33.9 Å². The number of nitrogens with zero attached hydrogens (tertiary/aromatic N) is 1. The molecule has 1 aliphatic rings. The predicted octanol–water partition coefficient (Wildman–Crippen LogP) is 2.70. The van der Waals surface area contributed by atoms with Crippen molar-refractivity contribution in [2.24, 2.45) is 0 Å². The first-order chi connectivity index (χ1) is 10.0. The van der Waals surface area contributed by atoms with E-state index in [1.54, 1.807) is 0 Å². The number of phenols is 1. The molecule has 0 saturated heterocycles. The number of aromatic hydroxyl groups is 1. The maximum Gasteiger partial charge on any atom is 0.282 e. The van der Waals surface area contributed by atoms with Gasteiger partial charge >= 0.3 is 0 Å². The summed E-state index contributed by atoms with van der Waals surface area (Å²) in [5, 5.41) is 23.9. The van der Waals surface area contributed by atoms with Crippen LogP contribution in [-0.4, -0.2) is 33.5 Å². The van der Waals surface area contributed by atoms with Crippen molar-refractivity contribution in [2.75, 3.05) is 6.26 Å². The molecule has 0 heterocycles. The summed E-state index contributed by atoms with van der Waals surface area (Å²) in [6.45, 7) is 0. The molecule has 1 amide bonds. The number of carbonyl (C=O) groups is 1. The molecule has 2 rings (SSSR count). The van der Waals surface area contributed by atoms with Gasteiger partial charge in [-0.25, -0.2) is 0 Å². The minimum absolute atomic E-state index is 0.0443. The normalized spacial score (nSPS) is 21.8. The zero-order valence-corrected chi connectivity index (χ0v) is 12.6. The van der Waals surface area contributed by atoms with E-state index in [2.05, 4.69) is 11.6 Å². The Labute approximate surface area is 127 Å². The summed E-state index contributed by atoms with van der Waals surface area (Å²) in [5.74, 6) is -0.651. The third-order valence-electron chi connectivity index (χ3n) is 3.76. The van der Waals surface area contributed by atoms with Crippen LogP contribution in [0.4, 0.5) is 5.69 Å². The molecule has 0 aromatic heterocycles. The number of thioether (sulfide) groups is 1. The monoisotopic (exact) mass is 310 g/mol. The largest absolute Gasteiger partial charge is 0.508 e. The highest BCUT2D eigenvalue weighted by Crippen LogP contribution is 2.28. The average Bonchev–Trinajstić information content (AvgIpc) is 2.47. The number of hydrogen-bond donors (Lipinski definition) is 2. The zero-order valence-electron chi connectivity index (χ0n) is 11.7. The van der Waals surface area contributed by atoms with Crippen molar-refractivity contribution in [2.45, 2.75) is 37.0 Å². The van der Waals surface area contributed by atoms with Crippen molar-refractivity contribution in [3.63, 3.8) is 0 Å². The van der Waals surface area contributed by atoms with E-state index >= 15 is 0 Å². The topological polar surface area (TPSA) is 92.5 Å². The minimum Gasteiger partial charge on any atom is -0.508 e. The highest BCUT2D eigenvalue weighted by atomic mass is 32.2. The Morgan fingerprint density at radius 3 is 2.62 bits per heavy atom. The van der Waals surface area contributed by atoms with Gasteiger partial charge in [-0.1, -0.05) is 0 Å². The fourth-order valence-electron chi connectivity index (χ4n) is 2.57. The van der Waals surface area contributed by atoms with E-state index < -0.39 is 10.8 Å². The summed E-state index contributed by atoms with van der Waals surface area (Å²) in [6.07, 6.45) is 5.91. The van der Waals surface area contributed by atoms with Crippen LogP contribution in [0.1, 0.15) is 36.0 Å². The SMILES string of the molecule is CSC1CCC(NC(=O)c2cc(O)ccc2[N+](=O)[O-])CC1. The summed E-state index contributed by atoms with van der Waals surface area (Å²) >= 11 is 1.84. The van der Waals surface area contributed by atoms with Gasteiger partial charge in [-0.2, -0.15) is 11.8 Å². The highest BCUT2D eigenvalue weighted by Gasteiger charge is 2.25. The predicted molar refractivity (Wildman–Crippen MR) is 81.8 cm³/mol. The van der Waals surface area contributed by atoms with Crippen molar-refractivity contribution < 1.29 is 14.8 Å². The van der Waals surface area contributed by atoms with E-state index in [0.29, 0.717) is 5.25 Å². The Balaban J connectivity index is 2.07. The van der Waals surface area contributed by atoms with Crippen molar-refractivity contribution in [3.8, 4) is 5.75 Å². The van der Waals surface area contributed by atoms with Gasteiger partial charge in [0.2, 0.25) is 0 Å². The van der Waals surface area contributed by atoms with Crippen LogP contribution >= 0.6 is 11.8 Å². The standard InChI is InChI=1S/C14H18N2O4S/c1-21-11-5-2-9(3-6-11)15-14(18)12-8-10(17)4-7-13(12)16(19)20/h4,7-9,11,17H,2-3,5-6H2,1H3,(H,15,18). The van der Waals surface area contributed by atoms with Gasteiger partial charge < -0.3 is 10.4 Å². The van der Waals surface area contributed by atoms with Crippen LogP contribution in [0.5, 0.6) is 5.75 Å². The van der Waals surface area contributed by atoms with E-state index in [0.717, 1.165) is 37.8 Å².